The summed E-state index contributed by atoms with van der Waals surface area (Å²) >= 11 is 0. The van der Waals surface area contributed by atoms with Crippen molar-refractivity contribution in [3.63, 3.8) is 0 Å². The fraction of sp³-hybridized carbons (Fsp3) is 0.375. The van der Waals surface area contributed by atoms with Crippen LogP contribution in [0.4, 0.5) is 5.69 Å². The summed E-state index contributed by atoms with van der Waals surface area (Å²) in [6.07, 6.45) is 2.27. The highest BCUT2D eigenvalue weighted by Crippen LogP contribution is 2.18. The minimum absolute atomic E-state index is 0.0139. The van der Waals surface area contributed by atoms with Crippen LogP contribution >= 0.6 is 0 Å². The molecule has 0 aliphatic carbocycles. The van der Waals surface area contributed by atoms with E-state index < -0.39 is 11.0 Å². The molecule has 0 aliphatic heterocycles. The number of carbonyl (C=O) groups excluding carboxylic acids is 1. The Kier molecular flexibility index (Phi) is 4.99. The highest BCUT2D eigenvalue weighted by molar-refractivity contribution is 5.93. The van der Waals surface area contributed by atoms with Crippen LogP contribution in [0.1, 0.15) is 31.1 Å². The number of carbonyl (C=O) groups is 1. The van der Waals surface area contributed by atoms with Crippen LogP contribution in [0.5, 0.6) is 0 Å². The molecule has 1 aromatic carbocycles. The van der Waals surface area contributed by atoms with E-state index in [0.29, 0.717) is 11.3 Å². The van der Waals surface area contributed by atoms with Crippen molar-refractivity contribution in [1.82, 2.24) is 15.1 Å². The van der Waals surface area contributed by atoms with Crippen molar-refractivity contribution >= 4 is 11.6 Å². The molecule has 0 saturated carbocycles. The van der Waals surface area contributed by atoms with Crippen LogP contribution in [0, 0.1) is 15.5 Å². The fourth-order valence-corrected chi connectivity index (χ4v) is 1.91. The highest BCUT2D eigenvalue weighted by atomic mass is 16.6. The number of aliphatic hydroxyl groups excluding tert-OH is 1. The van der Waals surface area contributed by atoms with Crippen molar-refractivity contribution in [3.8, 4) is 5.69 Å². The summed E-state index contributed by atoms with van der Waals surface area (Å²) in [5.74, 6) is -0.341. The van der Waals surface area contributed by atoms with Crippen molar-refractivity contribution in [2.24, 2.45) is 5.41 Å². The van der Waals surface area contributed by atoms with Gasteiger partial charge in [0.2, 0.25) is 0 Å². The number of aliphatic hydroxyl groups is 1. The van der Waals surface area contributed by atoms with Gasteiger partial charge in [0.25, 0.3) is 11.6 Å². The molecular formula is C16H20N4O4. The Hall–Kier alpha value is -2.74. The number of nitro groups is 1. The van der Waals surface area contributed by atoms with Crippen LogP contribution in [0.2, 0.25) is 0 Å². The van der Waals surface area contributed by atoms with Crippen LogP contribution in [0.3, 0.4) is 0 Å². The van der Waals surface area contributed by atoms with Gasteiger partial charge in [-0.15, -0.1) is 0 Å². The van der Waals surface area contributed by atoms with E-state index in [0.717, 1.165) is 0 Å². The molecule has 0 fully saturated rings. The molecule has 128 valence electrons. The summed E-state index contributed by atoms with van der Waals surface area (Å²) in [6, 6.07) is 5.85. The second-order valence-corrected chi connectivity index (χ2v) is 6.54. The standard InChI is InChI=1S/C16H20N4O4/c1-16(2,3)14(21)9-17-15(22)11-8-18-19(10-11)12-4-6-13(7-5-12)20(23)24/h4-8,10,14,21H,9H2,1-3H3,(H,17,22). The zero-order valence-electron chi connectivity index (χ0n) is 13.8. The molecule has 0 spiro atoms. The van der Waals surface area contributed by atoms with Gasteiger partial charge in [-0.1, -0.05) is 20.8 Å². The SMILES string of the molecule is CC(C)(C)C(O)CNC(=O)c1cnn(-c2ccc([N+](=O)[O-])cc2)c1. The minimum Gasteiger partial charge on any atom is -0.391 e. The van der Waals surface area contributed by atoms with Crippen molar-refractivity contribution < 1.29 is 14.8 Å². The number of amides is 1. The van der Waals surface area contributed by atoms with Gasteiger partial charge in [-0.2, -0.15) is 5.10 Å². The second kappa shape index (κ2) is 6.79. The third-order valence-electron chi connectivity index (χ3n) is 3.63. The number of hydrogen-bond acceptors (Lipinski definition) is 5. The van der Waals surface area contributed by atoms with Gasteiger partial charge in [-0.3, -0.25) is 14.9 Å². The predicted molar refractivity (Wildman–Crippen MR) is 88.0 cm³/mol. The molecule has 1 amide bonds. The number of nitrogens with one attached hydrogen (secondary N) is 1. The Bertz CT molecular complexity index is 731. The molecule has 1 unspecified atom stereocenters. The lowest BCUT2D eigenvalue weighted by Crippen LogP contribution is -2.39. The molecule has 0 aliphatic rings. The summed E-state index contributed by atoms with van der Waals surface area (Å²) in [7, 11) is 0. The van der Waals surface area contributed by atoms with Gasteiger partial charge in [0.15, 0.2) is 0 Å². The lowest BCUT2D eigenvalue weighted by Gasteiger charge is -2.25. The highest BCUT2D eigenvalue weighted by Gasteiger charge is 2.22. The van der Waals surface area contributed by atoms with Crippen LogP contribution in [0.25, 0.3) is 5.69 Å². The van der Waals surface area contributed by atoms with Crippen molar-refractivity contribution in [2.45, 2.75) is 26.9 Å². The summed E-state index contributed by atoms with van der Waals surface area (Å²) in [5.41, 5.74) is 0.611. The Morgan fingerprint density at radius 3 is 2.54 bits per heavy atom. The first-order chi connectivity index (χ1) is 11.2. The van der Waals surface area contributed by atoms with Gasteiger partial charge in [0.05, 0.1) is 28.5 Å². The van der Waals surface area contributed by atoms with E-state index in [1.54, 1.807) is 12.1 Å². The molecule has 0 radical (unpaired) electrons. The van der Waals surface area contributed by atoms with Crippen LogP contribution in [0.15, 0.2) is 36.7 Å². The van der Waals surface area contributed by atoms with E-state index in [1.807, 2.05) is 20.8 Å². The summed E-state index contributed by atoms with van der Waals surface area (Å²) in [4.78, 5) is 22.3. The van der Waals surface area contributed by atoms with Crippen LogP contribution < -0.4 is 5.32 Å². The fourth-order valence-electron chi connectivity index (χ4n) is 1.91. The zero-order chi connectivity index (χ0) is 17.9. The maximum absolute atomic E-state index is 12.1. The van der Waals surface area contributed by atoms with Gasteiger partial charge < -0.3 is 10.4 Å². The average molecular weight is 332 g/mol. The molecule has 2 rings (SSSR count). The summed E-state index contributed by atoms with van der Waals surface area (Å²) in [6.45, 7) is 5.80. The van der Waals surface area contributed by atoms with Gasteiger partial charge in [0.1, 0.15) is 0 Å². The molecule has 2 aromatic rings. The summed E-state index contributed by atoms with van der Waals surface area (Å²) < 4.78 is 1.46. The largest absolute Gasteiger partial charge is 0.391 e. The third kappa shape index (κ3) is 4.17. The maximum atomic E-state index is 12.1. The third-order valence-corrected chi connectivity index (χ3v) is 3.63. The molecule has 0 saturated heterocycles. The Morgan fingerprint density at radius 1 is 1.38 bits per heavy atom. The smallest absolute Gasteiger partial charge is 0.269 e. The van der Waals surface area contributed by atoms with E-state index in [1.165, 1.54) is 29.2 Å². The van der Waals surface area contributed by atoms with Crippen molar-refractivity contribution in [2.75, 3.05) is 6.54 Å². The van der Waals surface area contributed by atoms with E-state index in [2.05, 4.69) is 10.4 Å². The Balaban J connectivity index is 2.04. The topological polar surface area (TPSA) is 110 Å². The number of nitro benzene ring substituents is 1. The van der Waals surface area contributed by atoms with Gasteiger partial charge >= 0.3 is 0 Å². The second-order valence-electron chi connectivity index (χ2n) is 6.54. The number of hydrogen-bond donors (Lipinski definition) is 2. The molecule has 1 aromatic heterocycles. The molecule has 1 atom stereocenters. The van der Waals surface area contributed by atoms with E-state index >= 15 is 0 Å². The average Bonchev–Trinajstić information content (AvgIpc) is 3.01. The molecule has 2 N–H and O–H groups in total. The number of non-ortho nitro benzene ring substituents is 1. The zero-order valence-corrected chi connectivity index (χ0v) is 13.8. The number of benzene rings is 1. The molecule has 8 nitrogen and oxygen atoms in total. The first-order valence-electron chi connectivity index (χ1n) is 7.44. The van der Waals surface area contributed by atoms with E-state index in [4.69, 9.17) is 0 Å². The quantitative estimate of drug-likeness (QED) is 0.642. The lowest BCUT2D eigenvalue weighted by atomic mass is 9.89. The van der Waals surface area contributed by atoms with Gasteiger partial charge in [-0.25, -0.2) is 4.68 Å². The number of rotatable bonds is 5. The maximum Gasteiger partial charge on any atom is 0.269 e. The van der Waals surface area contributed by atoms with Crippen LogP contribution in [-0.2, 0) is 0 Å². The molecule has 1 heterocycles. The van der Waals surface area contributed by atoms with E-state index in [9.17, 15) is 20.0 Å². The van der Waals surface area contributed by atoms with Gasteiger partial charge in [-0.05, 0) is 17.5 Å². The van der Waals surface area contributed by atoms with Crippen molar-refractivity contribution in [3.05, 3.63) is 52.3 Å². The minimum atomic E-state index is -0.661. The van der Waals surface area contributed by atoms with Gasteiger partial charge in [0, 0.05) is 24.9 Å². The Morgan fingerprint density at radius 2 is 2.00 bits per heavy atom. The lowest BCUT2D eigenvalue weighted by molar-refractivity contribution is -0.384. The Labute approximate surface area is 139 Å². The molecular weight excluding hydrogens is 312 g/mol. The predicted octanol–water partition coefficient (Wildman–Crippen LogP) is 1.92. The first kappa shape index (κ1) is 17.6. The molecule has 0 bridgehead atoms. The monoisotopic (exact) mass is 332 g/mol. The normalized spacial score (nSPS) is 12.7. The van der Waals surface area contributed by atoms with Crippen molar-refractivity contribution in [1.29, 1.82) is 0 Å². The molecule has 24 heavy (non-hydrogen) atoms. The number of aromatic nitrogens is 2. The van der Waals surface area contributed by atoms with E-state index in [-0.39, 0.29) is 23.6 Å². The number of nitrogens with zero attached hydrogens (tertiary/aromatic N) is 3. The summed E-state index contributed by atoms with van der Waals surface area (Å²) in [5, 5.41) is 27.3. The van der Waals surface area contributed by atoms with Crippen LogP contribution in [-0.4, -0.2) is 38.4 Å². The molecule has 8 heteroatoms. The first-order valence-corrected chi connectivity index (χ1v) is 7.44.